The molecule has 1 aliphatic heterocycles. The zero-order valence-corrected chi connectivity index (χ0v) is 13.9. The smallest absolute Gasteiger partial charge is 0.256 e. The highest BCUT2D eigenvalue weighted by atomic mass is 35.5. The van der Waals surface area contributed by atoms with Crippen LogP contribution < -0.4 is 0 Å². The summed E-state index contributed by atoms with van der Waals surface area (Å²) in [5.41, 5.74) is -1.44. The molecule has 2 rings (SSSR count). The van der Waals surface area contributed by atoms with Gasteiger partial charge < -0.3 is 14.9 Å². The van der Waals surface area contributed by atoms with Crippen LogP contribution in [-0.4, -0.2) is 52.5 Å². The summed E-state index contributed by atoms with van der Waals surface area (Å²) >= 11 is 5.97. The molecular formula is C16H20ClFN2O3. The minimum atomic E-state index is -1.64. The van der Waals surface area contributed by atoms with Gasteiger partial charge >= 0.3 is 0 Å². The summed E-state index contributed by atoms with van der Waals surface area (Å²) in [7, 11) is 1.48. The number of aliphatic hydroxyl groups is 1. The van der Waals surface area contributed by atoms with Crippen molar-refractivity contribution in [3.05, 3.63) is 34.6 Å². The molecule has 1 atom stereocenters. The van der Waals surface area contributed by atoms with E-state index in [1.165, 1.54) is 35.9 Å². The van der Waals surface area contributed by atoms with Gasteiger partial charge in [-0.15, -0.1) is 0 Å². The van der Waals surface area contributed by atoms with Crippen LogP contribution in [0.4, 0.5) is 4.39 Å². The molecule has 1 fully saturated rings. The molecule has 0 bridgehead atoms. The van der Waals surface area contributed by atoms with Gasteiger partial charge in [-0.1, -0.05) is 17.7 Å². The fourth-order valence-corrected chi connectivity index (χ4v) is 3.05. The number of benzene rings is 1. The Hall–Kier alpha value is -1.66. The molecule has 23 heavy (non-hydrogen) atoms. The van der Waals surface area contributed by atoms with E-state index in [2.05, 4.69) is 0 Å². The van der Waals surface area contributed by atoms with Gasteiger partial charge in [-0.05, 0) is 25.0 Å². The van der Waals surface area contributed by atoms with Crippen LogP contribution in [0.15, 0.2) is 18.2 Å². The third-order valence-electron chi connectivity index (χ3n) is 4.12. The van der Waals surface area contributed by atoms with Crippen LogP contribution in [0.1, 0.15) is 25.3 Å². The Balaban J connectivity index is 2.14. The van der Waals surface area contributed by atoms with Crippen LogP contribution in [0.5, 0.6) is 0 Å². The first-order chi connectivity index (χ1) is 10.7. The second kappa shape index (κ2) is 6.84. The van der Waals surface area contributed by atoms with E-state index in [1.807, 2.05) is 0 Å². The molecule has 0 aromatic heterocycles. The second-order valence-electron chi connectivity index (χ2n) is 5.94. The Morgan fingerprint density at radius 3 is 2.78 bits per heavy atom. The van der Waals surface area contributed by atoms with E-state index in [1.54, 1.807) is 6.07 Å². The van der Waals surface area contributed by atoms with E-state index in [9.17, 15) is 19.1 Å². The number of likely N-dealkylation sites (tertiary alicyclic amines) is 1. The van der Waals surface area contributed by atoms with Crippen LogP contribution in [0.3, 0.4) is 0 Å². The molecule has 7 heteroatoms. The standard InChI is InChI=1S/C16H20ClFN2O3/c1-11(21)20-8-4-7-16(23,10-20)15(22)19(2)9-12-13(17)5-3-6-14(12)18/h3,5-6,23H,4,7-10H2,1-2H3. The molecule has 0 saturated carbocycles. The van der Waals surface area contributed by atoms with E-state index in [0.29, 0.717) is 13.0 Å². The summed E-state index contributed by atoms with van der Waals surface area (Å²) in [6.45, 7) is 1.83. The van der Waals surface area contributed by atoms with Crippen molar-refractivity contribution in [2.24, 2.45) is 0 Å². The molecule has 0 spiro atoms. The number of likely N-dealkylation sites (N-methyl/N-ethyl adjacent to an activating group) is 1. The number of halogens is 2. The van der Waals surface area contributed by atoms with E-state index in [4.69, 9.17) is 11.6 Å². The molecule has 5 nitrogen and oxygen atoms in total. The maximum Gasteiger partial charge on any atom is 0.256 e. The van der Waals surface area contributed by atoms with Crippen LogP contribution in [-0.2, 0) is 16.1 Å². The third-order valence-corrected chi connectivity index (χ3v) is 4.47. The molecule has 1 unspecified atom stereocenters. The number of hydrogen-bond donors (Lipinski definition) is 1. The maximum atomic E-state index is 13.8. The Morgan fingerprint density at radius 1 is 1.48 bits per heavy atom. The van der Waals surface area contributed by atoms with Gasteiger partial charge in [0.1, 0.15) is 5.82 Å². The Morgan fingerprint density at radius 2 is 2.17 bits per heavy atom. The number of carbonyl (C=O) groups is 2. The fraction of sp³-hybridized carbons (Fsp3) is 0.500. The number of amides is 2. The third kappa shape index (κ3) is 3.82. The highest BCUT2D eigenvalue weighted by molar-refractivity contribution is 6.31. The largest absolute Gasteiger partial charge is 0.378 e. The van der Waals surface area contributed by atoms with E-state index >= 15 is 0 Å². The number of β-amino-alcohol motifs (C(OH)–C–C–N with tert-alkyl or cyclic N) is 1. The Bertz CT molecular complexity index is 605. The molecule has 0 aliphatic carbocycles. The lowest BCUT2D eigenvalue weighted by atomic mass is 9.91. The van der Waals surface area contributed by atoms with Crippen molar-refractivity contribution in [1.82, 2.24) is 9.80 Å². The van der Waals surface area contributed by atoms with Crippen LogP contribution in [0, 0.1) is 5.82 Å². The average Bonchev–Trinajstić information content (AvgIpc) is 2.50. The van der Waals surface area contributed by atoms with E-state index in [0.717, 1.165) is 0 Å². The predicted molar refractivity (Wildman–Crippen MR) is 84.3 cm³/mol. The van der Waals surface area contributed by atoms with Crippen molar-refractivity contribution in [2.75, 3.05) is 20.1 Å². The van der Waals surface area contributed by atoms with Gasteiger partial charge in [0.15, 0.2) is 5.60 Å². The van der Waals surface area contributed by atoms with Gasteiger partial charge in [0.2, 0.25) is 5.91 Å². The second-order valence-corrected chi connectivity index (χ2v) is 6.34. The number of rotatable bonds is 3. The van der Waals surface area contributed by atoms with Crippen molar-refractivity contribution >= 4 is 23.4 Å². The minimum absolute atomic E-state index is 0.0451. The van der Waals surface area contributed by atoms with Crippen molar-refractivity contribution in [2.45, 2.75) is 31.9 Å². The molecule has 0 radical (unpaired) electrons. The van der Waals surface area contributed by atoms with Gasteiger partial charge in [-0.2, -0.15) is 0 Å². The first-order valence-corrected chi connectivity index (χ1v) is 7.79. The number of nitrogens with zero attached hydrogens (tertiary/aromatic N) is 2. The summed E-state index contributed by atoms with van der Waals surface area (Å²) in [5, 5.41) is 10.9. The first kappa shape index (κ1) is 17.7. The normalized spacial score (nSPS) is 21.2. The van der Waals surface area contributed by atoms with E-state index in [-0.39, 0.29) is 36.0 Å². The van der Waals surface area contributed by atoms with Crippen molar-refractivity contribution in [1.29, 1.82) is 0 Å². The number of piperidine rings is 1. The predicted octanol–water partition coefficient (Wildman–Crippen LogP) is 1.81. The zero-order chi connectivity index (χ0) is 17.2. The minimum Gasteiger partial charge on any atom is -0.378 e. The number of hydrogen-bond acceptors (Lipinski definition) is 3. The summed E-state index contributed by atoms with van der Waals surface area (Å²) in [4.78, 5) is 26.8. The Kier molecular flexibility index (Phi) is 5.26. The molecule has 2 amide bonds. The number of carbonyl (C=O) groups excluding carboxylic acids is 2. The average molecular weight is 343 g/mol. The van der Waals surface area contributed by atoms with Gasteiger partial charge in [0.25, 0.3) is 5.91 Å². The van der Waals surface area contributed by atoms with Gasteiger partial charge in [-0.3, -0.25) is 9.59 Å². The lowest BCUT2D eigenvalue weighted by Crippen LogP contribution is -2.58. The van der Waals surface area contributed by atoms with Crippen molar-refractivity contribution in [3.63, 3.8) is 0 Å². The molecule has 1 N–H and O–H groups in total. The SMILES string of the molecule is CC(=O)N1CCCC(O)(C(=O)N(C)Cc2c(F)cccc2Cl)C1. The molecule has 1 aromatic carbocycles. The van der Waals surface area contributed by atoms with Gasteiger partial charge in [0, 0.05) is 37.6 Å². The Labute approximate surface area is 139 Å². The monoisotopic (exact) mass is 342 g/mol. The quantitative estimate of drug-likeness (QED) is 0.911. The van der Waals surface area contributed by atoms with Crippen LogP contribution in [0.25, 0.3) is 0 Å². The summed E-state index contributed by atoms with van der Waals surface area (Å²) in [6, 6.07) is 4.31. The lowest BCUT2D eigenvalue weighted by Gasteiger charge is -2.39. The zero-order valence-electron chi connectivity index (χ0n) is 13.2. The van der Waals surface area contributed by atoms with Crippen LogP contribution >= 0.6 is 11.6 Å². The molecule has 1 saturated heterocycles. The highest BCUT2D eigenvalue weighted by Gasteiger charge is 2.42. The molecule has 1 heterocycles. The summed E-state index contributed by atoms with van der Waals surface area (Å²) < 4.78 is 13.8. The first-order valence-electron chi connectivity index (χ1n) is 7.41. The van der Waals surface area contributed by atoms with Crippen molar-refractivity contribution in [3.8, 4) is 0 Å². The van der Waals surface area contributed by atoms with Crippen molar-refractivity contribution < 1.29 is 19.1 Å². The molecule has 1 aromatic rings. The van der Waals surface area contributed by atoms with Gasteiger partial charge in [0.05, 0.1) is 6.54 Å². The molecule has 1 aliphatic rings. The fourth-order valence-electron chi connectivity index (χ4n) is 2.83. The van der Waals surface area contributed by atoms with Gasteiger partial charge in [-0.25, -0.2) is 4.39 Å². The maximum absolute atomic E-state index is 13.8. The molecular weight excluding hydrogens is 323 g/mol. The van der Waals surface area contributed by atoms with Crippen LogP contribution in [0.2, 0.25) is 5.02 Å². The topological polar surface area (TPSA) is 60.9 Å². The van der Waals surface area contributed by atoms with E-state index < -0.39 is 17.3 Å². The summed E-state index contributed by atoms with van der Waals surface area (Å²) in [6.07, 6.45) is 0.807. The highest BCUT2D eigenvalue weighted by Crippen LogP contribution is 2.26. The molecule has 126 valence electrons. The lowest BCUT2D eigenvalue weighted by molar-refractivity contribution is -0.159. The summed E-state index contributed by atoms with van der Waals surface area (Å²) in [5.74, 6) is -1.23.